The smallest absolute Gasteiger partial charge is 0.191 e. The van der Waals surface area contributed by atoms with E-state index in [4.69, 9.17) is 4.74 Å². The zero-order chi connectivity index (χ0) is 18.3. The third kappa shape index (κ3) is 6.12. The van der Waals surface area contributed by atoms with Crippen molar-refractivity contribution in [3.05, 3.63) is 0 Å². The van der Waals surface area contributed by atoms with Crippen molar-refractivity contribution in [3.63, 3.8) is 0 Å². The van der Waals surface area contributed by atoms with Crippen LogP contribution >= 0.6 is 0 Å². The fourth-order valence-corrected chi connectivity index (χ4v) is 3.89. The lowest BCUT2D eigenvalue weighted by Crippen LogP contribution is -2.56. The molecule has 2 fully saturated rings. The summed E-state index contributed by atoms with van der Waals surface area (Å²) in [6, 6.07) is 0.950. The number of piperidine rings is 1. The minimum Gasteiger partial charge on any atom is -0.379 e. The minimum absolute atomic E-state index is 0.155. The highest BCUT2D eigenvalue weighted by molar-refractivity contribution is 5.79. The van der Waals surface area contributed by atoms with Gasteiger partial charge >= 0.3 is 0 Å². The lowest BCUT2D eigenvalue weighted by Gasteiger charge is -2.41. The molecule has 0 bridgehead atoms. The van der Waals surface area contributed by atoms with Crippen molar-refractivity contribution in [1.29, 1.82) is 0 Å². The molecular formula is C19H39N5O. The SMILES string of the molecule is CN=C(NCC(C)N1CCOCC1C)NCC(C)(C)N1CCCCC1. The molecule has 0 radical (unpaired) electrons. The molecule has 2 aliphatic rings. The van der Waals surface area contributed by atoms with Gasteiger partial charge in [-0.3, -0.25) is 14.8 Å². The molecule has 0 aromatic carbocycles. The van der Waals surface area contributed by atoms with E-state index in [1.165, 1.54) is 32.4 Å². The van der Waals surface area contributed by atoms with Crippen LogP contribution in [0.5, 0.6) is 0 Å². The summed E-state index contributed by atoms with van der Waals surface area (Å²) in [6.45, 7) is 16.1. The highest BCUT2D eigenvalue weighted by atomic mass is 16.5. The summed E-state index contributed by atoms with van der Waals surface area (Å²) in [6.07, 6.45) is 4.03. The van der Waals surface area contributed by atoms with E-state index in [-0.39, 0.29) is 5.54 Å². The molecule has 2 aliphatic heterocycles. The van der Waals surface area contributed by atoms with Gasteiger partial charge in [0.05, 0.1) is 13.2 Å². The number of guanidine groups is 1. The molecule has 2 atom stereocenters. The Bertz CT molecular complexity index is 420. The van der Waals surface area contributed by atoms with Gasteiger partial charge in [0.1, 0.15) is 0 Å². The molecule has 0 saturated carbocycles. The molecule has 0 aromatic rings. The monoisotopic (exact) mass is 353 g/mol. The van der Waals surface area contributed by atoms with E-state index >= 15 is 0 Å². The highest BCUT2D eigenvalue weighted by Gasteiger charge is 2.28. The number of nitrogens with one attached hydrogen (secondary N) is 2. The second-order valence-corrected chi connectivity index (χ2v) is 8.18. The topological polar surface area (TPSA) is 52.1 Å². The molecule has 2 heterocycles. The van der Waals surface area contributed by atoms with Crippen LogP contribution in [0.1, 0.15) is 47.0 Å². The van der Waals surface area contributed by atoms with Crippen LogP contribution in [0.4, 0.5) is 0 Å². The van der Waals surface area contributed by atoms with Crippen LogP contribution in [-0.4, -0.2) is 86.4 Å². The summed E-state index contributed by atoms with van der Waals surface area (Å²) in [5.74, 6) is 0.901. The zero-order valence-corrected chi connectivity index (χ0v) is 17.0. The summed E-state index contributed by atoms with van der Waals surface area (Å²) in [5, 5.41) is 7.03. The molecule has 2 unspecified atom stereocenters. The Balaban J connectivity index is 1.76. The predicted molar refractivity (Wildman–Crippen MR) is 105 cm³/mol. The Morgan fingerprint density at radius 1 is 1.20 bits per heavy atom. The van der Waals surface area contributed by atoms with Crippen LogP contribution in [0.15, 0.2) is 4.99 Å². The van der Waals surface area contributed by atoms with Crippen LogP contribution in [0, 0.1) is 0 Å². The molecule has 0 amide bonds. The number of aliphatic imine (C=N–C) groups is 1. The van der Waals surface area contributed by atoms with Gasteiger partial charge in [0.25, 0.3) is 0 Å². The highest BCUT2D eigenvalue weighted by Crippen LogP contribution is 2.19. The maximum Gasteiger partial charge on any atom is 0.191 e. The molecule has 2 saturated heterocycles. The molecule has 146 valence electrons. The summed E-state index contributed by atoms with van der Waals surface area (Å²) in [4.78, 5) is 9.53. The number of morpholine rings is 1. The number of hydrogen-bond donors (Lipinski definition) is 2. The fourth-order valence-electron chi connectivity index (χ4n) is 3.89. The summed E-state index contributed by atoms with van der Waals surface area (Å²) >= 11 is 0. The van der Waals surface area contributed by atoms with E-state index < -0.39 is 0 Å². The van der Waals surface area contributed by atoms with Gasteiger partial charge in [0.2, 0.25) is 0 Å². The van der Waals surface area contributed by atoms with E-state index in [2.05, 4.69) is 53.1 Å². The summed E-state index contributed by atoms with van der Waals surface area (Å²) in [5.41, 5.74) is 0.155. The van der Waals surface area contributed by atoms with Crippen LogP contribution < -0.4 is 10.6 Å². The van der Waals surface area contributed by atoms with Gasteiger partial charge in [-0.25, -0.2) is 0 Å². The molecule has 25 heavy (non-hydrogen) atoms. The average Bonchev–Trinajstić information content (AvgIpc) is 2.62. The molecule has 0 aliphatic carbocycles. The van der Waals surface area contributed by atoms with E-state index in [0.29, 0.717) is 12.1 Å². The number of ether oxygens (including phenoxy) is 1. The van der Waals surface area contributed by atoms with Crippen molar-refractivity contribution in [1.82, 2.24) is 20.4 Å². The predicted octanol–water partition coefficient (Wildman–Crippen LogP) is 1.53. The van der Waals surface area contributed by atoms with Crippen molar-refractivity contribution in [2.45, 2.75) is 64.6 Å². The quantitative estimate of drug-likeness (QED) is 0.560. The van der Waals surface area contributed by atoms with Gasteiger partial charge in [-0.1, -0.05) is 6.42 Å². The normalized spacial score (nSPS) is 25.6. The number of nitrogens with zero attached hydrogens (tertiary/aromatic N) is 3. The first-order valence-electron chi connectivity index (χ1n) is 9.97. The third-order valence-corrected chi connectivity index (χ3v) is 5.67. The first-order valence-corrected chi connectivity index (χ1v) is 9.97. The maximum absolute atomic E-state index is 5.54. The average molecular weight is 354 g/mol. The number of rotatable bonds is 6. The van der Waals surface area contributed by atoms with Crippen molar-refractivity contribution in [2.75, 3.05) is 53.0 Å². The Labute approximate surface area is 154 Å². The standard InChI is InChI=1S/C19H39N5O/c1-16(24-11-12-25-14-17(24)2)13-21-18(20-5)22-15-19(3,4)23-9-7-6-8-10-23/h16-17H,6-15H2,1-5H3,(H2,20,21,22). The van der Waals surface area contributed by atoms with Gasteiger partial charge in [0, 0.05) is 44.3 Å². The van der Waals surface area contributed by atoms with Gasteiger partial charge < -0.3 is 15.4 Å². The molecule has 2 rings (SSSR count). The molecule has 6 heteroatoms. The van der Waals surface area contributed by atoms with E-state index in [0.717, 1.165) is 38.8 Å². The Morgan fingerprint density at radius 3 is 2.56 bits per heavy atom. The first kappa shape index (κ1) is 20.5. The summed E-state index contributed by atoms with van der Waals surface area (Å²) < 4.78 is 5.54. The second kappa shape index (κ2) is 9.74. The fraction of sp³-hybridized carbons (Fsp3) is 0.947. The van der Waals surface area contributed by atoms with Crippen LogP contribution in [0.3, 0.4) is 0 Å². The molecule has 0 spiro atoms. The Kier molecular flexibility index (Phi) is 7.97. The zero-order valence-electron chi connectivity index (χ0n) is 17.0. The first-order chi connectivity index (χ1) is 11.9. The van der Waals surface area contributed by atoms with Gasteiger partial charge in [-0.2, -0.15) is 0 Å². The largest absolute Gasteiger partial charge is 0.379 e. The maximum atomic E-state index is 5.54. The molecule has 2 N–H and O–H groups in total. The van der Waals surface area contributed by atoms with Gasteiger partial charge in [-0.15, -0.1) is 0 Å². The van der Waals surface area contributed by atoms with Crippen molar-refractivity contribution >= 4 is 5.96 Å². The van der Waals surface area contributed by atoms with E-state index in [9.17, 15) is 0 Å². The third-order valence-electron chi connectivity index (χ3n) is 5.67. The van der Waals surface area contributed by atoms with Gasteiger partial charge in [0.15, 0.2) is 5.96 Å². The van der Waals surface area contributed by atoms with Gasteiger partial charge in [-0.05, 0) is 53.6 Å². The number of likely N-dealkylation sites (tertiary alicyclic amines) is 1. The van der Waals surface area contributed by atoms with Crippen LogP contribution in [0.25, 0.3) is 0 Å². The van der Waals surface area contributed by atoms with Crippen LogP contribution in [-0.2, 0) is 4.74 Å². The molecule has 6 nitrogen and oxygen atoms in total. The van der Waals surface area contributed by atoms with Crippen molar-refractivity contribution < 1.29 is 4.74 Å². The van der Waals surface area contributed by atoms with E-state index in [1.54, 1.807) is 0 Å². The minimum atomic E-state index is 0.155. The second-order valence-electron chi connectivity index (χ2n) is 8.18. The Hall–Kier alpha value is -0.850. The Morgan fingerprint density at radius 2 is 1.92 bits per heavy atom. The lowest BCUT2D eigenvalue weighted by atomic mass is 9.98. The van der Waals surface area contributed by atoms with Crippen molar-refractivity contribution in [2.24, 2.45) is 4.99 Å². The summed E-state index contributed by atoms with van der Waals surface area (Å²) in [7, 11) is 1.85. The van der Waals surface area contributed by atoms with E-state index in [1.807, 2.05) is 7.05 Å². The molecule has 0 aromatic heterocycles. The number of hydrogen-bond acceptors (Lipinski definition) is 4. The lowest BCUT2D eigenvalue weighted by molar-refractivity contribution is -0.0174. The van der Waals surface area contributed by atoms with Crippen LogP contribution in [0.2, 0.25) is 0 Å². The van der Waals surface area contributed by atoms with Crippen molar-refractivity contribution in [3.8, 4) is 0 Å². The molecular weight excluding hydrogens is 314 g/mol.